The van der Waals surface area contributed by atoms with Crippen molar-refractivity contribution in [1.82, 2.24) is 15.1 Å². The van der Waals surface area contributed by atoms with Gasteiger partial charge in [-0.3, -0.25) is 0 Å². The van der Waals surface area contributed by atoms with Crippen molar-refractivity contribution >= 4 is 17.0 Å². The van der Waals surface area contributed by atoms with Crippen LogP contribution < -0.4 is 5.32 Å². The second-order valence-electron chi connectivity index (χ2n) is 4.69. The van der Waals surface area contributed by atoms with Crippen molar-refractivity contribution in [1.29, 1.82) is 0 Å². The van der Waals surface area contributed by atoms with E-state index in [0.717, 1.165) is 46.8 Å². The van der Waals surface area contributed by atoms with Crippen molar-refractivity contribution in [3.05, 3.63) is 41.3 Å². The average Bonchev–Trinajstić information content (AvgIpc) is 3.07. The van der Waals surface area contributed by atoms with E-state index >= 15 is 0 Å². The molecule has 3 aromatic rings. The Morgan fingerprint density at radius 2 is 2.05 bits per heavy atom. The zero-order chi connectivity index (χ0) is 13.9. The number of hydrogen-bond donors (Lipinski definition) is 2. The molecule has 20 heavy (non-hydrogen) atoms. The van der Waals surface area contributed by atoms with E-state index in [1.165, 1.54) is 0 Å². The maximum absolute atomic E-state index is 5.36. The first-order chi connectivity index (χ1) is 9.81. The number of para-hydroxylation sites is 2. The van der Waals surface area contributed by atoms with Crippen LogP contribution in [0.4, 0.5) is 5.95 Å². The van der Waals surface area contributed by atoms with Crippen molar-refractivity contribution in [3.8, 4) is 0 Å². The van der Waals surface area contributed by atoms with Crippen LogP contribution in [0.15, 0.2) is 28.8 Å². The number of fused-ring (bicyclic) bond motifs is 1. The smallest absolute Gasteiger partial charge is 0.201 e. The third-order valence-corrected chi connectivity index (χ3v) is 3.43. The van der Waals surface area contributed by atoms with Gasteiger partial charge in [-0.15, -0.1) is 0 Å². The Kier molecular flexibility index (Phi) is 3.41. The molecule has 0 saturated heterocycles. The highest BCUT2D eigenvalue weighted by Crippen LogP contribution is 2.18. The maximum atomic E-state index is 5.36. The molecule has 0 aliphatic carbocycles. The molecule has 5 nitrogen and oxygen atoms in total. The lowest BCUT2D eigenvalue weighted by atomic mass is 10.1. The average molecular weight is 270 g/mol. The Morgan fingerprint density at radius 1 is 1.20 bits per heavy atom. The Hall–Kier alpha value is -2.30. The molecule has 1 aromatic carbocycles. The van der Waals surface area contributed by atoms with Gasteiger partial charge in [-0.25, -0.2) is 4.98 Å². The van der Waals surface area contributed by atoms with Gasteiger partial charge in [0.15, 0.2) is 0 Å². The number of aromatic amines is 1. The number of hydrogen-bond acceptors (Lipinski definition) is 4. The van der Waals surface area contributed by atoms with Crippen molar-refractivity contribution in [2.45, 2.75) is 33.2 Å². The summed E-state index contributed by atoms with van der Waals surface area (Å²) < 4.78 is 5.36. The number of rotatable bonds is 5. The monoisotopic (exact) mass is 270 g/mol. The fourth-order valence-electron chi connectivity index (χ4n) is 2.35. The highest BCUT2D eigenvalue weighted by atomic mass is 16.5. The molecule has 2 aromatic heterocycles. The second kappa shape index (κ2) is 5.36. The van der Waals surface area contributed by atoms with E-state index in [0.29, 0.717) is 6.54 Å². The van der Waals surface area contributed by atoms with Gasteiger partial charge in [0.05, 0.1) is 16.7 Å². The molecule has 0 spiro atoms. The van der Waals surface area contributed by atoms with E-state index in [9.17, 15) is 0 Å². The number of H-pyrrole nitrogens is 1. The summed E-state index contributed by atoms with van der Waals surface area (Å²) in [6, 6.07) is 7.99. The summed E-state index contributed by atoms with van der Waals surface area (Å²) in [5, 5.41) is 7.43. The zero-order valence-corrected chi connectivity index (χ0v) is 11.7. The predicted molar refractivity (Wildman–Crippen MR) is 78.7 cm³/mol. The molecule has 0 unspecified atom stereocenters. The van der Waals surface area contributed by atoms with Gasteiger partial charge >= 0.3 is 0 Å². The van der Waals surface area contributed by atoms with E-state index < -0.39 is 0 Å². The van der Waals surface area contributed by atoms with Gasteiger partial charge in [-0.1, -0.05) is 31.1 Å². The molecule has 2 heterocycles. The summed E-state index contributed by atoms with van der Waals surface area (Å²) in [6.07, 6.45) is 1.73. The number of imidazole rings is 1. The molecule has 0 amide bonds. The van der Waals surface area contributed by atoms with Crippen LogP contribution in [0.3, 0.4) is 0 Å². The van der Waals surface area contributed by atoms with Gasteiger partial charge in [-0.05, 0) is 18.6 Å². The van der Waals surface area contributed by atoms with Gasteiger partial charge in [0.1, 0.15) is 5.76 Å². The zero-order valence-electron chi connectivity index (χ0n) is 11.7. The fourth-order valence-corrected chi connectivity index (χ4v) is 2.35. The molecule has 2 N–H and O–H groups in total. The summed E-state index contributed by atoms with van der Waals surface area (Å²) in [4.78, 5) is 7.77. The van der Waals surface area contributed by atoms with E-state index in [-0.39, 0.29) is 0 Å². The largest absolute Gasteiger partial charge is 0.361 e. The predicted octanol–water partition coefficient (Wildman–Crippen LogP) is 3.29. The van der Waals surface area contributed by atoms with Crippen LogP contribution >= 0.6 is 0 Å². The number of anilines is 1. The summed E-state index contributed by atoms with van der Waals surface area (Å²) >= 11 is 0. The summed E-state index contributed by atoms with van der Waals surface area (Å²) in [7, 11) is 0. The standard InChI is InChI=1S/C15H18N4O/c1-3-11-10(14(4-2)20-19-11)9-16-15-17-12-7-5-6-8-13(12)18-15/h5-8H,3-4,9H2,1-2H3,(H2,16,17,18). The maximum Gasteiger partial charge on any atom is 0.201 e. The molecule has 3 rings (SSSR count). The number of benzene rings is 1. The summed E-state index contributed by atoms with van der Waals surface area (Å²) in [5.41, 5.74) is 4.17. The Morgan fingerprint density at radius 3 is 2.80 bits per heavy atom. The van der Waals surface area contributed by atoms with E-state index in [1.54, 1.807) is 0 Å². The first kappa shape index (κ1) is 12.7. The topological polar surface area (TPSA) is 66.7 Å². The number of nitrogens with one attached hydrogen (secondary N) is 2. The van der Waals surface area contributed by atoms with E-state index in [1.807, 2.05) is 24.3 Å². The minimum atomic E-state index is 0.676. The molecule has 0 saturated carbocycles. The first-order valence-electron chi connectivity index (χ1n) is 6.96. The minimum absolute atomic E-state index is 0.676. The molecule has 104 valence electrons. The number of aromatic nitrogens is 3. The molecule has 5 heteroatoms. The van der Waals surface area contributed by atoms with Crippen LogP contribution in [0.5, 0.6) is 0 Å². The highest BCUT2D eigenvalue weighted by Gasteiger charge is 2.13. The van der Waals surface area contributed by atoms with Crippen LogP contribution in [0.25, 0.3) is 11.0 Å². The lowest BCUT2D eigenvalue weighted by Gasteiger charge is -2.03. The molecule has 0 radical (unpaired) electrons. The first-order valence-corrected chi connectivity index (χ1v) is 6.96. The van der Waals surface area contributed by atoms with Crippen molar-refractivity contribution in [2.75, 3.05) is 5.32 Å². The molecule has 0 fully saturated rings. The van der Waals surface area contributed by atoms with Crippen molar-refractivity contribution in [2.24, 2.45) is 0 Å². The molecule has 0 aliphatic heterocycles. The molecule has 0 aliphatic rings. The van der Waals surface area contributed by atoms with Crippen molar-refractivity contribution in [3.63, 3.8) is 0 Å². The molecular formula is C15H18N4O. The Labute approximate surface area is 117 Å². The van der Waals surface area contributed by atoms with Crippen LogP contribution in [-0.4, -0.2) is 15.1 Å². The van der Waals surface area contributed by atoms with Gasteiger partial charge < -0.3 is 14.8 Å². The van der Waals surface area contributed by atoms with Gasteiger partial charge in [0.2, 0.25) is 5.95 Å². The van der Waals surface area contributed by atoms with Gasteiger partial charge in [0.25, 0.3) is 0 Å². The highest BCUT2D eigenvalue weighted by molar-refractivity contribution is 5.77. The van der Waals surface area contributed by atoms with Crippen LogP contribution in [0.2, 0.25) is 0 Å². The minimum Gasteiger partial charge on any atom is -0.361 e. The third kappa shape index (κ3) is 2.27. The molecular weight excluding hydrogens is 252 g/mol. The van der Waals surface area contributed by atoms with E-state index in [2.05, 4.69) is 34.3 Å². The molecule has 0 bridgehead atoms. The normalized spacial score (nSPS) is 11.1. The SMILES string of the molecule is CCc1noc(CC)c1CNc1nc2ccccc2[nH]1. The Bertz CT molecular complexity index is 659. The number of aryl methyl sites for hydroxylation is 2. The third-order valence-electron chi connectivity index (χ3n) is 3.43. The summed E-state index contributed by atoms with van der Waals surface area (Å²) in [5.74, 6) is 1.72. The second-order valence-corrected chi connectivity index (χ2v) is 4.69. The van der Waals surface area contributed by atoms with Crippen LogP contribution in [0.1, 0.15) is 30.9 Å². The van der Waals surface area contributed by atoms with Crippen LogP contribution in [-0.2, 0) is 19.4 Å². The van der Waals surface area contributed by atoms with Gasteiger partial charge in [-0.2, -0.15) is 0 Å². The lowest BCUT2D eigenvalue weighted by molar-refractivity contribution is 0.380. The summed E-state index contributed by atoms with van der Waals surface area (Å²) in [6.45, 7) is 4.84. The Balaban J connectivity index is 1.80. The van der Waals surface area contributed by atoms with Crippen LogP contribution in [0, 0.1) is 0 Å². The van der Waals surface area contributed by atoms with E-state index in [4.69, 9.17) is 4.52 Å². The fraction of sp³-hybridized carbons (Fsp3) is 0.333. The number of nitrogens with zero attached hydrogens (tertiary/aromatic N) is 2. The van der Waals surface area contributed by atoms with Gasteiger partial charge in [0, 0.05) is 18.5 Å². The quantitative estimate of drug-likeness (QED) is 0.746. The van der Waals surface area contributed by atoms with Crippen molar-refractivity contribution < 1.29 is 4.52 Å². The molecule has 0 atom stereocenters. The lowest BCUT2D eigenvalue weighted by Crippen LogP contribution is -2.04.